The number of nitrogens with zero attached hydrogens (tertiary/aromatic N) is 2. The molecule has 1 heterocycles. The van der Waals surface area contributed by atoms with E-state index in [4.69, 9.17) is 0 Å². The molecular weight excluding hydrogens is 240 g/mol. The van der Waals surface area contributed by atoms with Crippen LogP contribution in [0.1, 0.15) is 6.92 Å². The lowest BCUT2D eigenvalue weighted by atomic mass is 10.2. The maximum absolute atomic E-state index is 4.24. The van der Waals surface area contributed by atoms with Gasteiger partial charge in [-0.15, -0.1) is 0 Å². The van der Waals surface area contributed by atoms with Crippen molar-refractivity contribution < 1.29 is 0 Å². The molecular formula is C11H11BrN2. The minimum atomic E-state index is 0.908. The number of halogens is 1. The van der Waals surface area contributed by atoms with Gasteiger partial charge in [-0.3, -0.25) is 0 Å². The van der Waals surface area contributed by atoms with Crippen molar-refractivity contribution in [2.24, 2.45) is 0 Å². The third kappa shape index (κ3) is 1.60. The van der Waals surface area contributed by atoms with Gasteiger partial charge in [-0.2, -0.15) is 0 Å². The fourth-order valence-corrected chi connectivity index (χ4v) is 2.03. The molecule has 2 rings (SSSR count). The monoisotopic (exact) mass is 250 g/mol. The maximum Gasteiger partial charge on any atom is 0.132 e. The molecule has 0 unspecified atom stereocenters. The van der Waals surface area contributed by atoms with Crippen LogP contribution in [0.5, 0.6) is 0 Å². The second-order valence-electron chi connectivity index (χ2n) is 3.04. The summed E-state index contributed by atoms with van der Waals surface area (Å²) in [4.78, 5) is 4.24. The molecule has 0 aliphatic rings. The van der Waals surface area contributed by atoms with Gasteiger partial charge in [-0.25, -0.2) is 4.98 Å². The number of aryl methyl sites for hydroxylation is 1. The van der Waals surface area contributed by atoms with E-state index in [2.05, 4.69) is 44.5 Å². The van der Waals surface area contributed by atoms with Crippen LogP contribution >= 0.6 is 15.9 Å². The van der Waals surface area contributed by atoms with Crippen molar-refractivity contribution in [3.05, 3.63) is 41.3 Å². The van der Waals surface area contributed by atoms with E-state index in [1.807, 2.05) is 24.5 Å². The molecule has 0 atom stereocenters. The predicted molar refractivity (Wildman–Crippen MR) is 61.0 cm³/mol. The molecule has 0 fully saturated rings. The maximum atomic E-state index is 4.24. The zero-order valence-corrected chi connectivity index (χ0v) is 9.53. The lowest BCUT2D eigenvalue weighted by Gasteiger charge is -2.05. The first kappa shape index (κ1) is 9.46. The van der Waals surface area contributed by atoms with Gasteiger partial charge in [0, 0.05) is 12.1 Å². The molecule has 0 radical (unpaired) electrons. The molecule has 0 saturated heterocycles. The number of benzene rings is 1. The summed E-state index contributed by atoms with van der Waals surface area (Å²) in [7, 11) is 0. The summed E-state index contributed by atoms with van der Waals surface area (Å²) in [5, 5.41) is 0. The Bertz CT molecular complexity index is 420. The summed E-state index contributed by atoms with van der Waals surface area (Å²) in [5.74, 6) is 0. The third-order valence-corrected chi connectivity index (χ3v) is 2.76. The van der Waals surface area contributed by atoms with E-state index in [9.17, 15) is 0 Å². The SMILES string of the molecule is CCn1cnc(Br)c1-c1ccccc1. The molecule has 2 nitrogen and oxygen atoms in total. The average molecular weight is 251 g/mol. The largest absolute Gasteiger partial charge is 0.330 e. The van der Waals surface area contributed by atoms with Crippen LogP contribution in [0.2, 0.25) is 0 Å². The molecule has 0 amide bonds. The average Bonchev–Trinajstić information content (AvgIpc) is 2.61. The zero-order chi connectivity index (χ0) is 9.97. The first-order chi connectivity index (χ1) is 6.83. The van der Waals surface area contributed by atoms with Gasteiger partial charge in [0.15, 0.2) is 0 Å². The van der Waals surface area contributed by atoms with Gasteiger partial charge in [0.05, 0.1) is 12.0 Å². The minimum absolute atomic E-state index is 0.908. The summed E-state index contributed by atoms with van der Waals surface area (Å²) in [6.45, 7) is 3.05. The fraction of sp³-hybridized carbons (Fsp3) is 0.182. The molecule has 0 spiro atoms. The van der Waals surface area contributed by atoms with Crippen LogP contribution in [0.3, 0.4) is 0 Å². The van der Waals surface area contributed by atoms with Gasteiger partial charge >= 0.3 is 0 Å². The number of hydrogen-bond donors (Lipinski definition) is 0. The molecule has 2 aromatic rings. The van der Waals surface area contributed by atoms with Crippen LogP contribution in [-0.4, -0.2) is 9.55 Å². The Kier molecular flexibility index (Phi) is 2.68. The van der Waals surface area contributed by atoms with Crippen LogP contribution < -0.4 is 0 Å². The topological polar surface area (TPSA) is 17.8 Å². The van der Waals surface area contributed by atoms with E-state index in [1.54, 1.807) is 0 Å². The van der Waals surface area contributed by atoms with E-state index in [0.29, 0.717) is 0 Å². The highest BCUT2D eigenvalue weighted by Crippen LogP contribution is 2.26. The standard InChI is InChI=1S/C11H11BrN2/c1-2-14-8-13-11(12)10(14)9-6-4-3-5-7-9/h3-8H,2H2,1H3. The minimum Gasteiger partial charge on any atom is -0.330 e. The number of aromatic nitrogens is 2. The summed E-state index contributed by atoms with van der Waals surface area (Å²) in [6.07, 6.45) is 1.85. The third-order valence-electron chi connectivity index (χ3n) is 2.18. The van der Waals surface area contributed by atoms with Crippen LogP contribution in [0.25, 0.3) is 11.3 Å². The Balaban J connectivity index is 2.55. The molecule has 3 heteroatoms. The van der Waals surface area contributed by atoms with Crippen molar-refractivity contribution in [2.45, 2.75) is 13.5 Å². The van der Waals surface area contributed by atoms with E-state index in [-0.39, 0.29) is 0 Å². The Morgan fingerprint density at radius 3 is 2.64 bits per heavy atom. The van der Waals surface area contributed by atoms with Crippen LogP contribution in [0, 0.1) is 0 Å². The molecule has 0 aliphatic heterocycles. The van der Waals surface area contributed by atoms with Gasteiger partial charge < -0.3 is 4.57 Å². The Labute approximate surface area is 91.7 Å². The fourth-order valence-electron chi connectivity index (χ4n) is 1.48. The van der Waals surface area contributed by atoms with Gasteiger partial charge in [-0.1, -0.05) is 30.3 Å². The van der Waals surface area contributed by atoms with E-state index >= 15 is 0 Å². The van der Waals surface area contributed by atoms with Crippen molar-refractivity contribution in [1.82, 2.24) is 9.55 Å². The molecule has 1 aromatic heterocycles. The Morgan fingerprint density at radius 2 is 2.00 bits per heavy atom. The molecule has 0 saturated carbocycles. The van der Waals surface area contributed by atoms with Crippen LogP contribution in [-0.2, 0) is 6.54 Å². The Hall–Kier alpha value is -1.09. The molecule has 72 valence electrons. The Morgan fingerprint density at radius 1 is 1.29 bits per heavy atom. The van der Waals surface area contributed by atoms with Crippen molar-refractivity contribution in [1.29, 1.82) is 0 Å². The summed E-state index contributed by atoms with van der Waals surface area (Å²) in [6, 6.07) is 10.3. The highest BCUT2D eigenvalue weighted by molar-refractivity contribution is 9.10. The van der Waals surface area contributed by atoms with E-state index in [1.165, 1.54) is 5.56 Å². The van der Waals surface area contributed by atoms with Crippen LogP contribution in [0.15, 0.2) is 41.3 Å². The zero-order valence-electron chi connectivity index (χ0n) is 7.94. The van der Waals surface area contributed by atoms with Gasteiger partial charge in [0.25, 0.3) is 0 Å². The van der Waals surface area contributed by atoms with Crippen LogP contribution in [0.4, 0.5) is 0 Å². The lowest BCUT2D eigenvalue weighted by molar-refractivity contribution is 0.768. The highest BCUT2D eigenvalue weighted by atomic mass is 79.9. The van der Waals surface area contributed by atoms with E-state index < -0.39 is 0 Å². The highest BCUT2D eigenvalue weighted by Gasteiger charge is 2.08. The quantitative estimate of drug-likeness (QED) is 0.800. The van der Waals surface area contributed by atoms with Gasteiger partial charge in [-0.05, 0) is 22.9 Å². The normalized spacial score (nSPS) is 10.4. The smallest absolute Gasteiger partial charge is 0.132 e. The predicted octanol–water partition coefficient (Wildman–Crippen LogP) is 3.33. The van der Waals surface area contributed by atoms with Crippen molar-refractivity contribution >= 4 is 15.9 Å². The number of imidazole rings is 1. The summed E-state index contributed by atoms with van der Waals surface area (Å²) >= 11 is 3.46. The van der Waals surface area contributed by atoms with Crippen molar-refractivity contribution in [3.8, 4) is 11.3 Å². The molecule has 0 aliphatic carbocycles. The van der Waals surface area contributed by atoms with E-state index in [0.717, 1.165) is 16.8 Å². The van der Waals surface area contributed by atoms with Crippen molar-refractivity contribution in [2.75, 3.05) is 0 Å². The van der Waals surface area contributed by atoms with Crippen molar-refractivity contribution in [3.63, 3.8) is 0 Å². The van der Waals surface area contributed by atoms with Gasteiger partial charge in [0.1, 0.15) is 4.60 Å². The second kappa shape index (κ2) is 3.96. The molecule has 0 N–H and O–H groups in total. The number of rotatable bonds is 2. The summed E-state index contributed by atoms with van der Waals surface area (Å²) < 4.78 is 3.03. The molecule has 1 aromatic carbocycles. The molecule has 0 bridgehead atoms. The number of hydrogen-bond acceptors (Lipinski definition) is 1. The summed E-state index contributed by atoms with van der Waals surface area (Å²) in [5.41, 5.74) is 2.34. The lowest BCUT2D eigenvalue weighted by Crippen LogP contribution is -1.94. The van der Waals surface area contributed by atoms with Gasteiger partial charge in [0.2, 0.25) is 0 Å². The molecule has 14 heavy (non-hydrogen) atoms. The first-order valence-corrected chi connectivity index (χ1v) is 5.38. The first-order valence-electron chi connectivity index (χ1n) is 4.59. The second-order valence-corrected chi connectivity index (χ2v) is 3.79.